The van der Waals surface area contributed by atoms with E-state index >= 15 is 0 Å². The number of hydrogen-bond donors (Lipinski definition) is 3. The first-order chi connectivity index (χ1) is 14.0. The topological polar surface area (TPSA) is 69.6 Å². The summed E-state index contributed by atoms with van der Waals surface area (Å²) in [6.45, 7) is 9.27. The highest BCUT2D eigenvalue weighted by Gasteiger charge is 2.22. The summed E-state index contributed by atoms with van der Waals surface area (Å²) >= 11 is 0. The fourth-order valence-electron chi connectivity index (χ4n) is 3.81. The number of aliphatic hydroxyl groups excluding tert-OH is 1. The number of aryl methyl sites for hydroxylation is 1. The van der Waals surface area contributed by atoms with Crippen molar-refractivity contribution in [1.82, 2.24) is 5.32 Å². The molecule has 0 saturated carbocycles. The van der Waals surface area contributed by atoms with E-state index in [2.05, 4.69) is 19.2 Å². The minimum absolute atomic E-state index is 0.0721. The van der Waals surface area contributed by atoms with Crippen LogP contribution in [0.1, 0.15) is 61.4 Å². The molecular formula is C25H34FNO3. The predicted octanol–water partition coefficient (Wildman–Crippen LogP) is 3.83. The van der Waals surface area contributed by atoms with Crippen LogP contribution in [0.4, 0.5) is 4.39 Å². The summed E-state index contributed by atoms with van der Waals surface area (Å²) in [4.78, 5) is 12.6. The van der Waals surface area contributed by atoms with Crippen molar-refractivity contribution in [1.29, 1.82) is 0 Å². The Bertz CT molecular complexity index is 851. The Morgan fingerprint density at radius 1 is 1.13 bits per heavy atom. The number of aliphatic hydroxyl groups is 2. The lowest BCUT2D eigenvalue weighted by Crippen LogP contribution is -2.40. The molecule has 5 heteroatoms. The molecule has 4 nitrogen and oxygen atoms in total. The number of benzene rings is 2. The van der Waals surface area contributed by atoms with E-state index in [9.17, 15) is 19.4 Å². The lowest BCUT2D eigenvalue weighted by Gasteiger charge is -2.25. The summed E-state index contributed by atoms with van der Waals surface area (Å²) in [6.07, 6.45) is 0.846. The highest BCUT2D eigenvalue weighted by molar-refractivity contribution is 5.79. The number of nitrogens with one attached hydrogen (secondary N) is 1. The Hall–Kier alpha value is -2.24. The van der Waals surface area contributed by atoms with E-state index < -0.39 is 17.5 Å². The zero-order chi connectivity index (χ0) is 22.5. The van der Waals surface area contributed by atoms with Gasteiger partial charge in [-0.05, 0) is 61.4 Å². The molecule has 0 fully saturated rings. The molecule has 0 bridgehead atoms. The second kappa shape index (κ2) is 10.2. The number of rotatable bonds is 9. The van der Waals surface area contributed by atoms with Crippen molar-refractivity contribution in [3.8, 4) is 0 Å². The van der Waals surface area contributed by atoms with Gasteiger partial charge in [-0.1, -0.05) is 44.2 Å². The Labute approximate surface area is 179 Å². The highest BCUT2D eigenvalue weighted by atomic mass is 19.1. The number of hydrogen-bond acceptors (Lipinski definition) is 3. The van der Waals surface area contributed by atoms with Gasteiger partial charge in [-0.3, -0.25) is 4.79 Å². The van der Waals surface area contributed by atoms with Gasteiger partial charge in [0.25, 0.3) is 0 Å². The Balaban J connectivity index is 2.23. The van der Waals surface area contributed by atoms with E-state index in [0.717, 1.165) is 22.3 Å². The first kappa shape index (κ1) is 24.0. The molecule has 0 aliphatic carbocycles. The quantitative estimate of drug-likeness (QED) is 0.583. The van der Waals surface area contributed by atoms with Gasteiger partial charge in [0.2, 0.25) is 5.91 Å². The summed E-state index contributed by atoms with van der Waals surface area (Å²) in [5, 5.41) is 23.1. The van der Waals surface area contributed by atoms with Gasteiger partial charge in [-0.2, -0.15) is 0 Å². The molecule has 3 N–H and O–H groups in total. The summed E-state index contributed by atoms with van der Waals surface area (Å²) in [7, 11) is 0. The van der Waals surface area contributed by atoms with Gasteiger partial charge in [0.1, 0.15) is 5.82 Å². The van der Waals surface area contributed by atoms with Crippen LogP contribution in [0, 0.1) is 12.7 Å². The number of carbonyl (C=O) groups excluding carboxylic acids is 1. The molecule has 0 spiro atoms. The van der Waals surface area contributed by atoms with Crippen molar-refractivity contribution in [3.05, 3.63) is 70.0 Å². The molecule has 2 aromatic carbocycles. The number of carbonyl (C=O) groups is 1. The molecule has 0 aromatic heterocycles. The fourth-order valence-corrected chi connectivity index (χ4v) is 3.81. The third-order valence-corrected chi connectivity index (χ3v) is 5.28. The van der Waals surface area contributed by atoms with Crippen LogP contribution < -0.4 is 5.32 Å². The van der Waals surface area contributed by atoms with E-state index in [-0.39, 0.29) is 24.9 Å². The molecule has 1 unspecified atom stereocenters. The predicted molar refractivity (Wildman–Crippen MR) is 118 cm³/mol. The summed E-state index contributed by atoms with van der Waals surface area (Å²) in [5.41, 5.74) is 3.40. The minimum atomic E-state index is -0.870. The maximum Gasteiger partial charge on any atom is 0.224 e. The van der Waals surface area contributed by atoms with Crippen LogP contribution in [0.3, 0.4) is 0 Å². The number of amides is 1. The lowest BCUT2D eigenvalue weighted by atomic mass is 9.85. The van der Waals surface area contributed by atoms with E-state index in [1.165, 1.54) is 6.07 Å². The van der Waals surface area contributed by atoms with Gasteiger partial charge in [0.15, 0.2) is 0 Å². The molecule has 0 saturated heterocycles. The third-order valence-electron chi connectivity index (χ3n) is 5.28. The van der Waals surface area contributed by atoms with Crippen LogP contribution >= 0.6 is 0 Å². The van der Waals surface area contributed by atoms with Crippen LogP contribution in [-0.2, 0) is 24.1 Å². The van der Waals surface area contributed by atoms with Gasteiger partial charge >= 0.3 is 0 Å². The molecule has 2 aromatic rings. The molecule has 164 valence electrons. The molecule has 0 aliphatic rings. The summed E-state index contributed by atoms with van der Waals surface area (Å²) in [5.74, 6) is -0.463. The highest BCUT2D eigenvalue weighted by Crippen LogP contribution is 2.27. The second-order valence-electron chi connectivity index (χ2n) is 8.99. The average Bonchev–Trinajstić information content (AvgIpc) is 2.64. The minimum Gasteiger partial charge on any atom is -0.394 e. The van der Waals surface area contributed by atoms with E-state index in [0.29, 0.717) is 18.4 Å². The van der Waals surface area contributed by atoms with Crippen molar-refractivity contribution in [2.24, 2.45) is 0 Å². The Morgan fingerprint density at radius 2 is 1.80 bits per heavy atom. The molecular weight excluding hydrogens is 381 g/mol. The molecule has 0 aliphatic heterocycles. The van der Waals surface area contributed by atoms with Gasteiger partial charge in [0.05, 0.1) is 24.7 Å². The number of halogens is 1. The van der Waals surface area contributed by atoms with Gasteiger partial charge in [0, 0.05) is 12.0 Å². The van der Waals surface area contributed by atoms with E-state index in [1.807, 2.05) is 18.2 Å². The fraction of sp³-hybridized carbons (Fsp3) is 0.480. The van der Waals surface area contributed by atoms with Crippen LogP contribution in [0.15, 0.2) is 36.4 Å². The summed E-state index contributed by atoms with van der Waals surface area (Å²) in [6, 6.07) is 10.3. The monoisotopic (exact) mass is 415 g/mol. The molecule has 30 heavy (non-hydrogen) atoms. The summed E-state index contributed by atoms with van der Waals surface area (Å²) < 4.78 is 14.1. The molecule has 1 atom stereocenters. The normalized spacial score (nSPS) is 12.8. The first-order valence-electron chi connectivity index (χ1n) is 10.5. The van der Waals surface area contributed by atoms with E-state index in [1.54, 1.807) is 32.9 Å². The van der Waals surface area contributed by atoms with Crippen molar-refractivity contribution in [3.63, 3.8) is 0 Å². The van der Waals surface area contributed by atoms with Crippen LogP contribution in [0.2, 0.25) is 0 Å². The Morgan fingerprint density at radius 3 is 2.37 bits per heavy atom. The van der Waals surface area contributed by atoms with Gasteiger partial charge in [-0.15, -0.1) is 0 Å². The SMILES string of the molecule is Cc1cccc(F)c1CC(=O)NC(CO)Cc1c(CC(C)(C)O)cccc1C(C)C. The third kappa shape index (κ3) is 6.64. The maximum absolute atomic E-state index is 14.1. The van der Waals surface area contributed by atoms with Crippen molar-refractivity contribution < 1.29 is 19.4 Å². The Kier molecular flexibility index (Phi) is 8.16. The molecule has 0 radical (unpaired) electrons. The second-order valence-corrected chi connectivity index (χ2v) is 8.99. The van der Waals surface area contributed by atoms with Crippen LogP contribution in [-0.4, -0.2) is 34.4 Å². The molecule has 1 amide bonds. The van der Waals surface area contributed by atoms with Gasteiger partial charge in [-0.25, -0.2) is 4.39 Å². The molecule has 2 rings (SSSR count). The largest absolute Gasteiger partial charge is 0.394 e. The zero-order valence-electron chi connectivity index (χ0n) is 18.6. The van der Waals surface area contributed by atoms with Crippen molar-refractivity contribution >= 4 is 5.91 Å². The van der Waals surface area contributed by atoms with Crippen LogP contribution in [0.25, 0.3) is 0 Å². The van der Waals surface area contributed by atoms with Crippen molar-refractivity contribution in [2.45, 2.75) is 71.4 Å². The molecule has 0 heterocycles. The van der Waals surface area contributed by atoms with Crippen LogP contribution in [0.5, 0.6) is 0 Å². The smallest absolute Gasteiger partial charge is 0.224 e. The lowest BCUT2D eigenvalue weighted by molar-refractivity contribution is -0.121. The zero-order valence-corrected chi connectivity index (χ0v) is 18.6. The first-order valence-corrected chi connectivity index (χ1v) is 10.5. The van der Waals surface area contributed by atoms with Crippen molar-refractivity contribution in [2.75, 3.05) is 6.61 Å². The standard InChI is InChI=1S/C25H34FNO3/c1-16(2)20-10-7-9-18(14-25(4,5)30)22(20)12-19(15-28)27-24(29)13-21-17(3)8-6-11-23(21)26/h6-11,16,19,28,30H,12-15H2,1-5H3,(H,27,29). The average molecular weight is 416 g/mol. The maximum atomic E-state index is 14.1. The van der Waals surface area contributed by atoms with Gasteiger partial charge < -0.3 is 15.5 Å². The van der Waals surface area contributed by atoms with E-state index in [4.69, 9.17) is 0 Å².